The van der Waals surface area contributed by atoms with Crippen molar-refractivity contribution in [2.24, 2.45) is 5.92 Å². The molecular formula is C14H17NO6. The van der Waals surface area contributed by atoms with E-state index in [1.165, 1.54) is 31.4 Å². The van der Waals surface area contributed by atoms with Crippen molar-refractivity contribution in [2.75, 3.05) is 7.11 Å². The van der Waals surface area contributed by atoms with Gasteiger partial charge in [0.2, 0.25) is 0 Å². The largest absolute Gasteiger partial charge is 0.466 e. The number of ether oxygens (including phenoxy) is 2. The molecule has 1 aromatic rings. The molecule has 1 rings (SSSR count). The minimum atomic E-state index is -0.988. The first-order valence-corrected chi connectivity index (χ1v) is 6.38. The van der Waals surface area contributed by atoms with Gasteiger partial charge in [0.1, 0.15) is 0 Å². The van der Waals surface area contributed by atoms with E-state index in [4.69, 9.17) is 4.74 Å². The Kier molecular flexibility index (Phi) is 5.83. The molecule has 114 valence electrons. The summed E-state index contributed by atoms with van der Waals surface area (Å²) >= 11 is 0. The topological polar surface area (TPSA) is 95.7 Å². The molecule has 0 radical (unpaired) electrons. The van der Waals surface area contributed by atoms with Crippen molar-refractivity contribution in [1.29, 1.82) is 0 Å². The van der Waals surface area contributed by atoms with Crippen LogP contribution in [-0.4, -0.2) is 30.1 Å². The highest BCUT2D eigenvalue weighted by Gasteiger charge is 2.25. The second-order valence-corrected chi connectivity index (χ2v) is 4.85. The predicted octanol–water partition coefficient (Wildman–Crippen LogP) is 2.34. The van der Waals surface area contributed by atoms with Crippen LogP contribution in [-0.2, 0) is 14.3 Å². The molecule has 7 heteroatoms. The number of non-ortho nitro benzene ring substituents is 1. The second-order valence-electron chi connectivity index (χ2n) is 4.85. The molecule has 0 saturated carbocycles. The molecule has 0 aromatic heterocycles. The van der Waals surface area contributed by atoms with Gasteiger partial charge in [0.25, 0.3) is 5.69 Å². The first-order chi connectivity index (χ1) is 9.85. The molecule has 0 fully saturated rings. The van der Waals surface area contributed by atoms with Gasteiger partial charge in [-0.25, -0.2) is 9.59 Å². The second kappa shape index (κ2) is 7.37. The summed E-state index contributed by atoms with van der Waals surface area (Å²) in [6.45, 7) is 3.77. The predicted molar refractivity (Wildman–Crippen MR) is 73.8 cm³/mol. The Hall–Kier alpha value is -2.44. The zero-order valence-corrected chi connectivity index (χ0v) is 12.1. The number of methoxy groups -OCH3 is 1. The van der Waals surface area contributed by atoms with Crippen LogP contribution in [0.25, 0.3) is 0 Å². The molecule has 21 heavy (non-hydrogen) atoms. The van der Waals surface area contributed by atoms with Crippen molar-refractivity contribution < 1.29 is 24.0 Å². The summed E-state index contributed by atoms with van der Waals surface area (Å²) < 4.78 is 9.71. The summed E-state index contributed by atoms with van der Waals surface area (Å²) in [5.74, 6) is -1.21. The molecule has 0 aliphatic rings. The summed E-state index contributed by atoms with van der Waals surface area (Å²) in [7, 11) is 1.22. The van der Waals surface area contributed by atoms with E-state index in [1.807, 2.05) is 13.8 Å². The van der Waals surface area contributed by atoms with Crippen LogP contribution >= 0.6 is 0 Å². The monoisotopic (exact) mass is 295 g/mol. The van der Waals surface area contributed by atoms with Gasteiger partial charge in [-0.1, -0.05) is 13.8 Å². The van der Waals surface area contributed by atoms with E-state index in [0.717, 1.165) is 0 Å². The summed E-state index contributed by atoms with van der Waals surface area (Å²) in [6.07, 6.45) is -0.650. The van der Waals surface area contributed by atoms with Gasteiger partial charge in [0.15, 0.2) is 6.10 Å². The Morgan fingerprint density at radius 3 is 2.24 bits per heavy atom. The Morgan fingerprint density at radius 2 is 1.81 bits per heavy atom. The molecule has 1 aromatic carbocycles. The smallest absolute Gasteiger partial charge is 0.347 e. The normalized spacial score (nSPS) is 11.8. The first kappa shape index (κ1) is 16.6. The number of rotatable bonds is 6. The van der Waals surface area contributed by atoms with Gasteiger partial charge < -0.3 is 9.47 Å². The summed E-state index contributed by atoms with van der Waals surface area (Å²) in [5, 5.41) is 10.5. The third-order valence-corrected chi connectivity index (χ3v) is 2.71. The van der Waals surface area contributed by atoms with Crippen LogP contribution in [0.5, 0.6) is 0 Å². The quantitative estimate of drug-likeness (QED) is 0.454. The van der Waals surface area contributed by atoms with Crippen LogP contribution in [0.1, 0.15) is 30.6 Å². The van der Waals surface area contributed by atoms with Crippen molar-refractivity contribution in [2.45, 2.75) is 26.4 Å². The molecule has 0 unspecified atom stereocenters. The summed E-state index contributed by atoms with van der Waals surface area (Å²) in [6, 6.07) is 4.97. The van der Waals surface area contributed by atoms with Crippen LogP contribution in [0.15, 0.2) is 24.3 Å². The first-order valence-electron chi connectivity index (χ1n) is 6.38. The van der Waals surface area contributed by atoms with Crippen LogP contribution in [0.3, 0.4) is 0 Å². The lowest BCUT2D eigenvalue weighted by Crippen LogP contribution is -2.29. The standard InChI is InChI=1S/C14H17NO6/c1-9(2)8-12(14(17)20-3)21-13(16)10-4-6-11(7-5-10)15(18)19/h4-7,9,12H,8H2,1-3H3/t12-/m1/s1. The van der Waals surface area contributed by atoms with E-state index >= 15 is 0 Å². The molecule has 0 bridgehead atoms. The molecule has 0 heterocycles. The van der Waals surface area contributed by atoms with E-state index in [-0.39, 0.29) is 17.2 Å². The van der Waals surface area contributed by atoms with Crippen LogP contribution < -0.4 is 0 Å². The Morgan fingerprint density at radius 1 is 1.24 bits per heavy atom. The fourth-order valence-corrected chi connectivity index (χ4v) is 1.67. The number of esters is 2. The van der Waals surface area contributed by atoms with Gasteiger partial charge in [-0.05, 0) is 24.5 Å². The van der Waals surface area contributed by atoms with Crippen molar-refractivity contribution in [3.63, 3.8) is 0 Å². The maximum absolute atomic E-state index is 11.9. The third-order valence-electron chi connectivity index (χ3n) is 2.71. The van der Waals surface area contributed by atoms with Crippen molar-refractivity contribution in [1.82, 2.24) is 0 Å². The van der Waals surface area contributed by atoms with E-state index in [2.05, 4.69) is 4.74 Å². The minimum Gasteiger partial charge on any atom is -0.466 e. The molecule has 0 N–H and O–H groups in total. The molecule has 7 nitrogen and oxygen atoms in total. The molecule has 0 aliphatic heterocycles. The Balaban J connectivity index is 2.81. The van der Waals surface area contributed by atoms with Crippen molar-refractivity contribution >= 4 is 17.6 Å². The molecule has 0 spiro atoms. The lowest BCUT2D eigenvalue weighted by Gasteiger charge is -2.17. The van der Waals surface area contributed by atoms with Crippen molar-refractivity contribution in [3.8, 4) is 0 Å². The van der Waals surface area contributed by atoms with Gasteiger partial charge in [-0.3, -0.25) is 10.1 Å². The van der Waals surface area contributed by atoms with Crippen molar-refractivity contribution in [3.05, 3.63) is 39.9 Å². The zero-order chi connectivity index (χ0) is 16.0. The average molecular weight is 295 g/mol. The van der Waals surface area contributed by atoms with Crippen LogP contribution in [0.4, 0.5) is 5.69 Å². The Bertz CT molecular complexity index is 523. The van der Waals surface area contributed by atoms with Gasteiger partial charge in [0.05, 0.1) is 17.6 Å². The SMILES string of the molecule is COC(=O)[C@@H](CC(C)C)OC(=O)c1ccc([N+](=O)[O-])cc1. The fraction of sp³-hybridized carbons (Fsp3) is 0.429. The highest BCUT2D eigenvalue weighted by atomic mass is 16.6. The third kappa shape index (κ3) is 4.87. The number of carbonyl (C=O) groups is 2. The zero-order valence-electron chi connectivity index (χ0n) is 12.1. The van der Waals surface area contributed by atoms with Crippen LogP contribution in [0, 0.1) is 16.0 Å². The molecule has 0 aliphatic carbocycles. The van der Waals surface area contributed by atoms with Gasteiger partial charge in [0, 0.05) is 12.1 Å². The highest BCUT2D eigenvalue weighted by molar-refractivity contribution is 5.91. The van der Waals surface area contributed by atoms with E-state index in [0.29, 0.717) is 6.42 Å². The number of carbonyl (C=O) groups excluding carboxylic acids is 2. The minimum absolute atomic E-state index is 0.127. The number of hydrogen-bond acceptors (Lipinski definition) is 6. The Labute approximate surface area is 122 Å². The lowest BCUT2D eigenvalue weighted by molar-refractivity contribution is -0.384. The number of nitro benzene ring substituents is 1. The maximum Gasteiger partial charge on any atom is 0.347 e. The van der Waals surface area contributed by atoms with Gasteiger partial charge >= 0.3 is 11.9 Å². The summed E-state index contributed by atoms with van der Waals surface area (Å²) in [5.41, 5.74) is 0.0107. The van der Waals surface area contributed by atoms with Crippen LogP contribution in [0.2, 0.25) is 0 Å². The summed E-state index contributed by atoms with van der Waals surface area (Å²) in [4.78, 5) is 33.5. The van der Waals surface area contributed by atoms with Gasteiger partial charge in [-0.2, -0.15) is 0 Å². The molecule has 0 amide bonds. The number of hydrogen-bond donors (Lipinski definition) is 0. The van der Waals surface area contributed by atoms with E-state index in [9.17, 15) is 19.7 Å². The van der Waals surface area contributed by atoms with Gasteiger partial charge in [-0.15, -0.1) is 0 Å². The molecule has 0 saturated heterocycles. The molecular weight excluding hydrogens is 278 g/mol. The lowest BCUT2D eigenvalue weighted by atomic mass is 10.1. The maximum atomic E-state index is 11.9. The number of nitrogens with zero attached hydrogens (tertiary/aromatic N) is 1. The average Bonchev–Trinajstić information content (AvgIpc) is 2.45. The van der Waals surface area contributed by atoms with E-state index < -0.39 is 23.0 Å². The fourth-order valence-electron chi connectivity index (χ4n) is 1.67. The highest BCUT2D eigenvalue weighted by Crippen LogP contribution is 2.16. The number of benzene rings is 1. The number of nitro groups is 1. The van der Waals surface area contributed by atoms with E-state index in [1.54, 1.807) is 0 Å². The molecule has 1 atom stereocenters.